The van der Waals surface area contributed by atoms with Crippen molar-refractivity contribution in [1.82, 2.24) is 10.2 Å². The summed E-state index contributed by atoms with van der Waals surface area (Å²) in [6.07, 6.45) is 1.95. The number of carbonyl (C=O) groups is 1. The Morgan fingerprint density at radius 1 is 0.720 bits per heavy atom. The van der Waals surface area contributed by atoms with Gasteiger partial charge in [-0.2, -0.15) is 0 Å². The number of nitrogens with zero attached hydrogens (tertiary/aromatic N) is 1. The molecule has 2 rings (SSSR count). The van der Waals surface area contributed by atoms with Crippen LogP contribution >= 0.6 is 0 Å². The highest BCUT2D eigenvalue weighted by Crippen LogP contribution is 2.08. The molecular formula is C17H32N2O6. The first-order valence-electron chi connectivity index (χ1n) is 9.29. The molecule has 2 aliphatic rings. The van der Waals surface area contributed by atoms with Gasteiger partial charge in [-0.05, 0) is 19.4 Å². The second-order valence-electron chi connectivity index (χ2n) is 6.04. The lowest BCUT2D eigenvalue weighted by atomic mass is 10.2. The van der Waals surface area contributed by atoms with Crippen LogP contribution in [-0.2, 0) is 28.5 Å². The zero-order valence-corrected chi connectivity index (χ0v) is 15.1. The number of hydrogen-bond donors (Lipinski definition) is 1. The minimum atomic E-state index is -0.0653. The van der Waals surface area contributed by atoms with E-state index in [2.05, 4.69) is 5.32 Å². The summed E-state index contributed by atoms with van der Waals surface area (Å²) < 4.78 is 27.4. The lowest BCUT2D eigenvalue weighted by molar-refractivity contribution is -0.134. The molecule has 2 saturated heterocycles. The third-order valence-electron chi connectivity index (χ3n) is 4.17. The summed E-state index contributed by atoms with van der Waals surface area (Å²) in [5, 5.41) is 3.26. The summed E-state index contributed by atoms with van der Waals surface area (Å²) >= 11 is 0. The summed E-state index contributed by atoms with van der Waals surface area (Å²) in [5.74, 6) is 0.142. The monoisotopic (exact) mass is 360 g/mol. The molecule has 0 radical (unpaired) electrons. The van der Waals surface area contributed by atoms with E-state index >= 15 is 0 Å². The minimum absolute atomic E-state index is 0.0653. The van der Waals surface area contributed by atoms with Crippen LogP contribution in [0.25, 0.3) is 0 Å². The largest absolute Gasteiger partial charge is 0.377 e. The zero-order chi connectivity index (χ0) is 17.6. The Labute approximate surface area is 150 Å². The van der Waals surface area contributed by atoms with Gasteiger partial charge in [-0.3, -0.25) is 4.79 Å². The molecule has 1 unspecified atom stereocenters. The van der Waals surface area contributed by atoms with Gasteiger partial charge in [0.2, 0.25) is 5.91 Å². The van der Waals surface area contributed by atoms with Crippen molar-refractivity contribution in [2.45, 2.75) is 18.9 Å². The van der Waals surface area contributed by atoms with E-state index in [9.17, 15) is 4.79 Å². The van der Waals surface area contributed by atoms with E-state index in [1.165, 1.54) is 0 Å². The molecule has 2 fully saturated rings. The van der Waals surface area contributed by atoms with Crippen molar-refractivity contribution in [2.75, 3.05) is 85.7 Å². The van der Waals surface area contributed by atoms with Crippen molar-refractivity contribution >= 4 is 5.91 Å². The summed E-state index contributed by atoms with van der Waals surface area (Å²) in [5.41, 5.74) is 0. The van der Waals surface area contributed by atoms with Crippen LogP contribution in [0.4, 0.5) is 0 Å². The van der Waals surface area contributed by atoms with Crippen molar-refractivity contribution in [3.05, 3.63) is 0 Å². The van der Waals surface area contributed by atoms with Gasteiger partial charge in [-0.25, -0.2) is 0 Å². The summed E-state index contributed by atoms with van der Waals surface area (Å²) in [6.45, 7) is 7.34. The SMILES string of the molecule is O=C(C1CCCN1)N1CCOCCOCCOCCOCCOCC1. The first-order valence-corrected chi connectivity index (χ1v) is 9.29. The highest BCUT2D eigenvalue weighted by atomic mass is 16.6. The van der Waals surface area contributed by atoms with Gasteiger partial charge in [-0.1, -0.05) is 0 Å². The maximum absolute atomic E-state index is 12.6. The maximum atomic E-state index is 12.6. The molecule has 0 aromatic heterocycles. The first-order chi connectivity index (χ1) is 12.4. The van der Waals surface area contributed by atoms with Gasteiger partial charge in [0.1, 0.15) is 0 Å². The number of amides is 1. The quantitative estimate of drug-likeness (QED) is 0.686. The van der Waals surface area contributed by atoms with Crippen LogP contribution in [0.15, 0.2) is 0 Å². The zero-order valence-electron chi connectivity index (χ0n) is 15.1. The molecule has 8 nitrogen and oxygen atoms in total. The van der Waals surface area contributed by atoms with Gasteiger partial charge in [-0.15, -0.1) is 0 Å². The van der Waals surface area contributed by atoms with Crippen LogP contribution in [0.5, 0.6) is 0 Å². The van der Waals surface area contributed by atoms with Gasteiger partial charge < -0.3 is 33.9 Å². The number of carbonyl (C=O) groups excluding carboxylic acids is 1. The van der Waals surface area contributed by atoms with Crippen LogP contribution in [0.3, 0.4) is 0 Å². The van der Waals surface area contributed by atoms with E-state index in [4.69, 9.17) is 23.7 Å². The smallest absolute Gasteiger partial charge is 0.239 e. The van der Waals surface area contributed by atoms with E-state index in [1.807, 2.05) is 4.90 Å². The molecule has 2 aliphatic heterocycles. The molecule has 146 valence electrons. The lowest BCUT2D eigenvalue weighted by Crippen LogP contribution is -2.46. The Morgan fingerprint density at radius 3 is 1.56 bits per heavy atom. The van der Waals surface area contributed by atoms with Gasteiger partial charge in [0, 0.05) is 13.1 Å². The van der Waals surface area contributed by atoms with Crippen molar-refractivity contribution in [1.29, 1.82) is 0 Å². The van der Waals surface area contributed by atoms with E-state index in [0.29, 0.717) is 79.2 Å². The molecule has 0 bridgehead atoms. The molecule has 0 aromatic carbocycles. The fourth-order valence-corrected chi connectivity index (χ4v) is 2.78. The van der Waals surface area contributed by atoms with Gasteiger partial charge >= 0.3 is 0 Å². The fourth-order valence-electron chi connectivity index (χ4n) is 2.78. The average Bonchev–Trinajstić information content (AvgIpc) is 3.16. The third-order valence-corrected chi connectivity index (χ3v) is 4.17. The predicted molar refractivity (Wildman–Crippen MR) is 91.7 cm³/mol. The van der Waals surface area contributed by atoms with E-state index in [1.54, 1.807) is 0 Å². The van der Waals surface area contributed by atoms with E-state index < -0.39 is 0 Å². The average molecular weight is 360 g/mol. The summed E-state index contributed by atoms with van der Waals surface area (Å²) in [4.78, 5) is 14.4. The van der Waals surface area contributed by atoms with Crippen molar-refractivity contribution in [3.63, 3.8) is 0 Å². The van der Waals surface area contributed by atoms with E-state index in [0.717, 1.165) is 19.4 Å². The predicted octanol–water partition coefficient (Wildman–Crippen LogP) is -0.336. The molecule has 0 spiro atoms. The molecule has 2 heterocycles. The second-order valence-corrected chi connectivity index (χ2v) is 6.04. The van der Waals surface area contributed by atoms with Crippen molar-refractivity contribution in [3.8, 4) is 0 Å². The van der Waals surface area contributed by atoms with Crippen molar-refractivity contribution < 1.29 is 28.5 Å². The molecule has 0 aliphatic carbocycles. The first kappa shape index (κ1) is 20.5. The van der Waals surface area contributed by atoms with Gasteiger partial charge in [0.15, 0.2) is 0 Å². The molecule has 1 amide bonds. The molecule has 1 atom stereocenters. The molecule has 0 saturated carbocycles. The number of ether oxygens (including phenoxy) is 5. The van der Waals surface area contributed by atoms with Crippen LogP contribution in [0.1, 0.15) is 12.8 Å². The number of nitrogens with one attached hydrogen (secondary N) is 1. The van der Waals surface area contributed by atoms with Gasteiger partial charge in [0.25, 0.3) is 0 Å². The topological polar surface area (TPSA) is 78.5 Å². The Morgan fingerprint density at radius 2 is 1.16 bits per heavy atom. The van der Waals surface area contributed by atoms with E-state index in [-0.39, 0.29) is 11.9 Å². The number of hydrogen-bond acceptors (Lipinski definition) is 7. The lowest BCUT2D eigenvalue weighted by Gasteiger charge is -2.25. The van der Waals surface area contributed by atoms with Crippen LogP contribution in [0, 0.1) is 0 Å². The Balaban J connectivity index is 1.74. The fraction of sp³-hybridized carbons (Fsp3) is 0.941. The highest BCUT2D eigenvalue weighted by molar-refractivity contribution is 5.82. The van der Waals surface area contributed by atoms with Crippen LogP contribution < -0.4 is 5.32 Å². The molecule has 25 heavy (non-hydrogen) atoms. The molecule has 0 aromatic rings. The normalized spacial score (nSPS) is 26.7. The summed E-state index contributed by atoms with van der Waals surface area (Å²) in [6, 6.07) is -0.0653. The Kier molecular flexibility index (Phi) is 11.0. The number of rotatable bonds is 1. The Hall–Kier alpha value is -0.770. The molecular weight excluding hydrogens is 328 g/mol. The standard InChI is InChI=1S/C17H32N2O6/c20-17(16-2-1-3-18-16)19-4-6-21-8-10-23-12-14-25-15-13-24-11-9-22-7-5-19/h16,18H,1-15H2. The van der Waals surface area contributed by atoms with Crippen molar-refractivity contribution in [2.24, 2.45) is 0 Å². The van der Waals surface area contributed by atoms with Gasteiger partial charge in [0.05, 0.1) is 72.1 Å². The third kappa shape index (κ3) is 8.94. The molecule has 8 heteroatoms. The summed E-state index contributed by atoms with van der Waals surface area (Å²) in [7, 11) is 0. The highest BCUT2D eigenvalue weighted by Gasteiger charge is 2.26. The van der Waals surface area contributed by atoms with Crippen LogP contribution in [-0.4, -0.2) is 103 Å². The second kappa shape index (κ2) is 13.4. The molecule has 1 N–H and O–H groups in total. The maximum Gasteiger partial charge on any atom is 0.239 e. The van der Waals surface area contributed by atoms with Crippen LogP contribution in [0.2, 0.25) is 0 Å². The minimum Gasteiger partial charge on any atom is -0.377 e. The Bertz CT molecular complexity index is 334.